The molecule has 0 N–H and O–H groups in total. The van der Waals surface area contributed by atoms with Crippen LogP contribution in [0.2, 0.25) is 0 Å². The molecule has 100 valence electrons. The lowest BCUT2D eigenvalue weighted by molar-refractivity contribution is 0.0237. The quantitative estimate of drug-likeness (QED) is 0.716. The van der Waals surface area contributed by atoms with Crippen molar-refractivity contribution in [1.29, 1.82) is 0 Å². The molecule has 1 aliphatic heterocycles. The molecule has 0 aromatic carbocycles. The van der Waals surface area contributed by atoms with Crippen LogP contribution >= 0.6 is 11.3 Å². The summed E-state index contributed by atoms with van der Waals surface area (Å²) in [4.78, 5) is 16.7. The van der Waals surface area contributed by atoms with Crippen molar-refractivity contribution < 1.29 is 9.53 Å². The molecule has 0 fully saturated rings. The Morgan fingerprint density at radius 1 is 1.44 bits per heavy atom. The van der Waals surface area contributed by atoms with Crippen LogP contribution in [0.5, 0.6) is 0 Å². The molecule has 1 amide bonds. The van der Waals surface area contributed by atoms with Gasteiger partial charge in [-0.3, -0.25) is 0 Å². The smallest absolute Gasteiger partial charge is 0.410 e. The Kier molecular flexibility index (Phi) is 3.66. The second-order valence-corrected chi connectivity index (χ2v) is 7.15. The fraction of sp³-hybridized carbons (Fsp3) is 0.643. The average Bonchev–Trinajstić information content (AvgIpc) is 2.43. The third-order valence-electron chi connectivity index (χ3n) is 2.86. The van der Waals surface area contributed by atoms with Crippen molar-refractivity contribution in [3.8, 4) is 0 Å². The number of fused-ring (bicyclic) bond motifs is 1. The Labute approximate surface area is 113 Å². The van der Waals surface area contributed by atoms with Gasteiger partial charge in [-0.25, -0.2) is 4.79 Å². The minimum atomic E-state index is -0.420. The van der Waals surface area contributed by atoms with Crippen LogP contribution in [0.1, 0.15) is 42.5 Å². The number of carbonyl (C=O) groups excluding carboxylic acids is 1. The van der Waals surface area contributed by atoms with Gasteiger partial charge in [0.1, 0.15) is 5.60 Å². The van der Waals surface area contributed by atoms with E-state index in [9.17, 15) is 4.79 Å². The number of thiophene rings is 1. The van der Waals surface area contributed by atoms with E-state index in [4.69, 9.17) is 4.74 Å². The molecule has 2 rings (SSSR count). The third-order valence-corrected chi connectivity index (χ3v) is 4.02. The van der Waals surface area contributed by atoms with Crippen LogP contribution in [0.4, 0.5) is 4.79 Å². The molecule has 0 radical (unpaired) electrons. The summed E-state index contributed by atoms with van der Waals surface area (Å²) in [5.74, 6) is 0. The van der Waals surface area contributed by atoms with Gasteiger partial charge in [0.15, 0.2) is 0 Å². The second-order valence-electron chi connectivity index (χ2n) is 5.81. The van der Waals surface area contributed by atoms with Gasteiger partial charge in [0, 0.05) is 16.3 Å². The maximum Gasteiger partial charge on any atom is 0.410 e. The topological polar surface area (TPSA) is 29.5 Å². The fourth-order valence-electron chi connectivity index (χ4n) is 2.16. The number of rotatable bonds is 0. The molecule has 2 heterocycles. The number of aryl methyl sites for hydroxylation is 2. The van der Waals surface area contributed by atoms with Crippen LogP contribution in [0.15, 0.2) is 6.07 Å². The Morgan fingerprint density at radius 3 is 2.83 bits per heavy atom. The predicted molar refractivity (Wildman–Crippen MR) is 74.0 cm³/mol. The molecular weight excluding hydrogens is 246 g/mol. The summed E-state index contributed by atoms with van der Waals surface area (Å²) in [5, 5.41) is 0. The highest BCUT2D eigenvalue weighted by atomic mass is 32.1. The summed E-state index contributed by atoms with van der Waals surface area (Å²) in [7, 11) is 0. The van der Waals surface area contributed by atoms with Crippen molar-refractivity contribution in [2.75, 3.05) is 6.54 Å². The molecule has 1 aliphatic rings. The number of nitrogens with zero attached hydrogens (tertiary/aromatic N) is 1. The molecule has 0 saturated heterocycles. The lowest BCUT2D eigenvalue weighted by Crippen LogP contribution is -2.36. The lowest BCUT2D eigenvalue weighted by atomic mass is 10.2. The highest BCUT2D eigenvalue weighted by Crippen LogP contribution is 2.27. The summed E-state index contributed by atoms with van der Waals surface area (Å²) in [5.41, 5.74) is 0.873. The van der Waals surface area contributed by atoms with Gasteiger partial charge in [0.2, 0.25) is 0 Å². The van der Waals surface area contributed by atoms with Crippen molar-refractivity contribution in [3.63, 3.8) is 0 Å². The first kappa shape index (κ1) is 13.4. The molecule has 0 atom stereocenters. The van der Waals surface area contributed by atoms with Gasteiger partial charge in [0.05, 0.1) is 6.54 Å². The highest BCUT2D eigenvalue weighted by molar-refractivity contribution is 7.12. The van der Waals surface area contributed by atoms with E-state index in [-0.39, 0.29) is 6.09 Å². The van der Waals surface area contributed by atoms with Crippen LogP contribution in [0.25, 0.3) is 0 Å². The van der Waals surface area contributed by atoms with Gasteiger partial charge in [-0.1, -0.05) is 0 Å². The van der Waals surface area contributed by atoms with Gasteiger partial charge in [-0.2, -0.15) is 0 Å². The van der Waals surface area contributed by atoms with E-state index in [2.05, 4.69) is 13.0 Å². The van der Waals surface area contributed by atoms with E-state index in [1.54, 1.807) is 0 Å². The van der Waals surface area contributed by atoms with Gasteiger partial charge >= 0.3 is 6.09 Å². The average molecular weight is 267 g/mol. The molecule has 1 aromatic heterocycles. The van der Waals surface area contributed by atoms with Crippen molar-refractivity contribution in [2.45, 2.75) is 52.7 Å². The standard InChI is InChI=1S/C14H21NO2S/c1-10-8-11-9-15(7-5-6-12(11)18-10)13(16)17-14(2,3)4/h8H,5-7,9H2,1-4H3. The fourth-order valence-corrected chi connectivity index (χ4v) is 3.25. The largest absolute Gasteiger partial charge is 0.444 e. The summed E-state index contributed by atoms with van der Waals surface area (Å²) >= 11 is 1.85. The van der Waals surface area contributed by atoms with E-state index in [1.807, 2.05) is 37.0 Å². The van der Waals surface area contributed by atoms with Crippen LogP contribution in [0, 0.1) is 6.92 Å². The molecule has 0 saturated carbocycles. The highest BCUT2D eigenvalue weighted by Gasteiger charge is 2.25. The minimum absolute atomic E-state index is 0.195. The molecule has 4 heteroatoms. The molecule has 18 heavy (non-hydrogen) atoms. The number of amides is 1. The number of ether oxygens (including phenoxy) is 1. The summed E-state index contributed by atoms with van der Waals surface area (Å²) in [6.45, 7) is 9.32. The molecule has 1 aromatic rings. The number of carbonyl (C=O) groups is 1. The van der Waals surface area contributed by atoms with Gasteiger partial charge in [-0.05, 0) is 52.2 Å². The SMILES string of the molecule is Cc1cc2c(s1)CCCN(C(=O)OC(C)(C)C)C2. The monoisotopic (exact) mass is 267 g/mol. The van der Waals surface area contributed by atoms with Crippen LogP contribution in [-0.4, -0.2) is 23.1 Å². The Balaban J connectivity index is 2.09. The van der Waals surface area contributed by atoms with E-state index in [0.717, 1.165) is 19.4 Å². The summed E-state index contributed by atoms with van der Waals surface area (Å²) < 4.78 is 5.44. The van der Waals surface area contributed by atoms with Crippen LogP contribution < -0.4 is 0 Å². The second kappa shape index (κ2) is 4.92. The maximum absolute atomic E-state index is 12.1. The molecule has 3 nitrogen and oxygen atoms in total. The van der Waals surface area contributed by atoms with Crippen molar-refractivity contribution in [2.24, 2.45) is 0 Å². The zero-order valence-electron chi connectivity index (χ0n) is 11.6. The van der Waals surface area contributed by atoms with Gasteiger partial charge < -0.3 is 9.64 Å². The minimum Gasteiger partial charge on any atom is -0.444 e. The first-order chi connectivity index (χ1) is 8.35. The first-order valence-electron chi connectivity index (χ1n) is 6.41. The number of hydrogen-bond acceptors (Lipinski definition) is 3. The van der Waals surface area contributed by atoms with E-state index in [1.165, 1.54) is 15.3 Å². The van der Waals surface area contributed by atoms with E-state index < -0.39 is 5.60 Å². The van der Waals surface area contributed by atoms with Crippen LogP contribution in [0.3, 0.4) is 0 Å². The van der Waals surface area contributed by atoms with E-state index >= 15 is 0 Å². The van der Waals surface area contributed by atoms with Gasteiger partial charge in [0.25, 0.3) is 0 Å². The normalized spacial score (nSPS) is 16.1. The molecule has 0 aliphatic carbocycles. The van der Waals surface area contributed by atoms with Crippen LogP contribution in [-0.2, 0) is 17.7 Å². The lowest BCUT2D eigenvalue weighted by Gasteiger charge is -2.26. The zero-order chi connectivity index (χ0) is 13.3. The van der Waals surface area contributed by atoms with Crippen molar-refractivity contribution >= 4 is 17.4 Å². The maximum atomic E-state index is 12.1. The van der Waals surface area contributed by atoms with Crippen molar-refractivity contribution in [1.82, 2.24) is 4.90 Å². The van der Waals surface area contributed by atoms with E-state index in [0.29, 0.717) is 6.54 Å². The molecule has 0 unspecified atom stereocenters. The zero-order valence-corrected chi connectivity index (χ0v) is 12.4. The predicted octanol–water partition coefficient (Wildman–Crippen LogP) is 3.74. The molecule has 0 bridgehead atoms. The van der Waals surface area contributed by atoms with Crippen molar-refractivity contribution in [3.05, 3.63) is 21.4 Å². The Bertz CT molecular complexity index is 445. The molecule has 0 spiro atoms. The summed E-state index contributed by atoms with van der Waals surface area (Å²) in [6, 6.07) is 2.20. The Hall–Kier alpha value is -1.03. The van der Waals surface area contributed by atoms with Gasteiger partial charge in [-0.15, -0.1) is 11.3 Å². The Morgan fingerprint density at radius 2 is 2.17 bits per heavy atom. The third kappa shape index (κ3) is 3.25. The molecular formula is C14H21NO2S. The summed E-state index contributed by atoms with van der Waals surface area (Å²) in [6.07, 6.45) is 1.90. The first-order valence-corrected chi connectivity index (χ1v) is 7.23. The number of hydrogen-bond donors (Lipinski definition) is 0.